The number of aromatic nitrogens is 2. The third-order valence-corrected chi connectivity index (χ3v) is 9.66. The number of fused-ring (bicyclic) bond motifs is 3. The van der Waals surface area contributed by atoms with Crippen molar-refractivity contribution in [3.05, 3.63) is 164 Å². The van der Waals surface area contributed by atoms with Gasteiger partial charge in [0.05, 0.1) is 24.2 Å². The number of hydrogen-bond donors (Lipinski definition) is 0. The van der Waals surface area contributed by atoms with Gasteiger partial charge in [0, 0.05) is 11.5 Å². The maximum Gasteiger partial charge on any atom is 2.00 e. The zero-order valence-electron chi connectivity index (χ0n) is 21.8. The Kier molecular flexibility index (Phi) is 8.79. The van der Waals surface area contributed by atoms with Gasteiger partial charge < -0.3 is 4.98 Å². The summed E-state index contributed by atoms with van der Waals surface area (Å²) in [6.07, 6.45) is 1.82. The maximum atomic E-state index is 4.75. The summed E-state index contributed by atoms with van der Waals surface area (Å²) in [6, 6.07) is 50.5. The van der Waals surface area contributed by atoms with Crippen LogP contribution in [-0.2, 0) is 17.1 Å². The Morgan fingerprint density at radius 1 is 0.550 bits per heavy atom. The fourth-order valence-electron chi connectivity index (χ4n) is 4.98. The summed E-state index contributed by atoms with van der Waals surface area (Å²) in [5.41, 5.74) is 5.27. The first-order valence-corrected chi connectivity index (χ1v) is 14.5. The van der Waals surface area contributed by atoms with Crippen molar-refractivity contribution in [2.45, 2.75) is 0 Å². The molecule has 0 aliphatic rings. The number of nitrogens with zero attached hydrogens (tertiary/aromatic N) is 2. The first-order valence-electron chi connectivity index (χ1n) is 13.0. The van der Waals surface area contributed by atoms with E-state index in [1.54, 1.807) is 0 Å². The molecule has 0 saturated heterocycles. The van der Waals surface area contributed by atoms with E-state index in [1.165, 1.54) is 26.7 Å². The van der Waals surface area contributed by atoms with Crippen LogP contribution in [0.1, 0.15) is 5.56 Å². The predicted molar refractivity (Wildman–Crippen MR) is 169 cm³/mol. The second-order valence-corrected chi connectivity index (χ2v) is 11.8. The molecule has 0 atom stereocenters. The zero-order valence-corrected chi connectivity index (χ0v) is 23.8. The maximum absolute atomic E-state index is 4.75. The second kappa shape index (κ2) is 12.8. The van der Waals surface area contributed by atoms with Crippen LogP contribution >= 0.6 is 7.92 Å². The molecule has 7 rings (SSSR count). The van der Waals surface area contributed by atoms with Gasteiger partial charge >= 0.3 is 17.1 Å². The van der Waals surface area contributed by atoms with Gasteiger partial charge in [0.15, 0.2) is 0 Å². The Bertz CT molecular complexity index is 1780. The van der Waals surface area contributed by atoms with Crippen LogP contribution in [0.2, 0.25) is 0 Å². The molecule has 7 aromatic rings. The molecule has 2 nitrogen and oxygen atoms in total. The van der Waals surface area contributed by atoms with Crippen LogP contribution in [0.4, 0.5) is 0 Å². The first-order chi connectivity index (χ1) is 19.3. The fraction of sp³-hybridized carbons (Fsp3) is 0. The molecular weight excluding hydrogens is 555 g/mol. The van der Waals surface area contributed by atoms with Gasteiger partial charge in [-0.25, -0.2) is 0 Å². The van der Waals surface area contributed by atoms with Crippen molar-refractivity contribution in [1.82, 2.24) is 9.97 Å². The largest absolute Gasteiger partial charge is 2.00 e. The van der Waals surface area contributed by atoms with E-state index < -0.39 is 7.92 Å². The number of hydrogen-bond acceptors (Lipinski definition) is 1. The molecule has 0 bridgehead atoms. The third-order valence-electron chi connectivity index (χ3n) is 6.81. The van der Waals surface area contributed by atoms with E-state index in [0.717, 1.165) is 27.9 Å². The fourth-order valence-corrected chi connectivity index (χ4v) is 7.66. The molecule has 0 aliphatic carbocycles. The van der Waals surface area contributed by atoms with Crippen molar-refractivity contribution in [3.8, 4) is 11.3 Å². The molecule has 1 radical (unpaired) electrons. The van der Waals surface area contributed by atoms with Crippen molar-refractivity contribution in [2.24, 2.45) is 0 Å². The minimum absolute atomic E-state index is 0. The molecule has 0 aliphatic heterocycles. The topological polar surface area (TPSA) is 27.0 Å². The third kappa shape index (κ3) is 5.74. The van der Waals surface area contributed by atoms with E-state index in [4.69, 9.17) is 4.98 Å². The van der Waals surface area contributed by atoms with Gasteiger partial charge in [0.2, 0.25) is 0 Å². The molecule has 197 valence electrons. The molecule has 0 spiro atoms. The van der Waals surface area contributed by atoms with Crippen LogP contribution in [0.3, 0.4) is 0 Å². The molecule has 4 heteroatoms. The Hall–Kier alpha value is -4.13. The number of para-hydroxylation sites is 2. The van der Waals surface area contributed by atoms with Crippen LogP contribution in [0.5, 0.6) is 0 Å². The minimum Gasteiger partial charge on any atom is -0.656 e. The van der Waals surface area contributed by atoms with Gasteiger partial charge in [-0.15, -0.1) is 17.1 Å². The SMILES string of the molecule is [CH2-]c1ccccc1[PH+](c1ccccc1)c1ccccc1.[Cu+2].c1ccc(-c2cccc3c2[n-]c2ccccc23)nc1. The Morgan fingerprint density at radius 3 is 1.82 bits per heavy atom. The smallest absolute Gasteiger partial charge is 0.656 e. The van der Waals surface area contributed by atoms with Gasteiger partial charge in [0.1, 0.15) is 0 Å². The van der Waals surface area contributed by atoms with Crippen molar-refractivity contribution >= 4 is 45.6 Å². The summed E-state index contributed by atoms with van der Waals surface area (Å²) in [5.74, 6) is 0. The standard InChI is InChI=1S/C19H16P.C17H11N2.Cu/c1-16-10-8-9-15-19(16)20(17-11-4-2-5-12-17)18-13-6-3-7-14-18;1-2-10-16-12(6-1)13-7-5-8-14(17(13)19-16)15-9-3-4-11-18-15;/h2-15H,1H2;1-11H;/q2*-1;+2/p+1. The summed E-state index contributed by atoms with van der Waals surface area (Å²) in [4.78, 5) is 9.18. The van der Waals surface area contributed by atoms with E-state index in [9.17, 15) is 0 Å². The van der Waals surface area contributed by atoms with Crippen molar-refractivity contribution in [2.75, 3.05) is 0 Å². The van der Waals surface area contributed by atoms with E-state index >= 15 is 0 Å². The van der Waals surface area contributed by atoms with Gasteiger partial charge in [-0.05, 0) is 52.7 Å². The molecule has 0 unspecified atom stereocenters. The van der Waals surface area contributed by atoms with Gasteiger partial charge in [0.25, 0.3) is 0 Å². The Balaban J connectivity index is 0.000000157. The predicted octanol–water partition coefficient (Wildman–Crippen LogP) is 7.37. The second-order valence-electron chi connectivity index (χ2n) is 9.31. The molecule has 5 aromatic carbocycles. The van der Waals surface area contributed by atoms with Gasteiger partial charge in [-0.1, -0.05) is 97.1 Å². The quantitative estimate of drug-likeness (QED) is 0.123. The normalized spacial score (nSPS) is 10.6. The molecule has 0 N–H and O–H groups in total. The van der Waals surface area contributed by atoms with Crippen LogP contribution in [0.15, 0.2) is 152 Å². The van der Waals surface area contributed by atoms with E-state index in [-0.39, 0.29) is 17.1 Å². The Morgan fingerprint density at radius 2 is 1.15 bits per heavy atom. The van der Waals surface area contributed by atoms with Crippen LogP contribution in [0.25, 0.3) is 33.1 Å². The first kappa shape index (κ1) is 27.4. The van der Waals surface area contributed by atoms with E-state index in [0.29, 0.717) is 0 Å². The summed E-state index contributed by atoms with van der Waals surface area (Å²) in [6.45, 7) is 4.22. The minimum atomic E-state index is -0.970. The average Bonchev–Trinajstić information content (AvgIpc) is 3.39. The van der Waals surface area contributed by atoms with Gasteiger partial charge in [-0.3, -0.25) is 4.98 Å². The molecule has 0 amide bonds. The van der Waals surface area contributed by atoms with Crippen LogP contribution in [0, 0.1) is 6.92 Å². The summed E-state index contributed by atoms with van der Waals surface area (Å²) in [7, 11) is -0.970. The molecule has 2 aromatic heterocycles. The summed E-state index contributed by atoms with van der Waals surface area (Å²) < 4.78 is 0. The summed E-state index contributed by atoms with van der Waals surface area (Å²) in [5, 5.41) is 6.57. The average molecular weight is 583 g/mol. The van der Waals surface area contributed by atoms with E-state index in [1.807, 2.05) is 30.5 Å². The van der Waals surface area contributed by atoms with Crippen LogP contribution < -0.4 is 20.9 Å². The Labute approximate surface area is 247 Å². The van der Waals surface area contributed by atoms with E-state index in [2.05, 4.69) is 133 Å². The molecule has 2 heterocycles. The van der Waals surface area contributed by atoms with Crippen LogP contribution in [-0.4, -0.2) is 4.98 Å². The molecular formula is C36H28CuN2P+. The molecule has 40 heavy (non-hydrogen) atoms. The summed E-state index contributed by atoms with van der Waals surface area (Å²) >= 11 is 0. The molecule has 0 fully saturated rings. The monoisotopic (exact) mass is 582 g/mol. The number of rotatable bonds is 4. The van der Waals surface area contributed by atoms with Gasteiger partial charge in [-0.2, -0.15) is 18.6 Å². The molecule has 0 saturated carbocycles. The van der Waals surface area contributed by atoms with Crippen molar-refractivity contribution in [3.63, 3.8) is 0 Å². The van der Waals surface area contributed by atoms with Crippen molar-refractivity contribution in [1.29, 1.82) is 0 Å². The number of pyridine rings is 1. The zero-order chi connectivity index (χ0) is 26.4. The number of benzene rings is 5. The van der Waals surface area contributed by atoms with Crippen molar-refractivity contribution < 1.29 is 17.1 Å².